The maximum absolute atomic E-state index is 6.17. The summed E-state index contributed by atoms with van der Waals surface area (Å²) in [4.78, 5) is 0. The fourth-order valence-electron chi connectivity index (χ4n) is 1.93. The number of hydrogen-bond donors (Lipinski definition) is 0. The highest BCUT2D eigenvalue weighted by molar-refractivity contribution is 7.98. The molecule has 1 aromatic heterocycles. The summed E-state index contributed by atoms with van der Waals surface area (Å²) < 4.78 is 1.67. The Labute approximate surface area is 144 Å². The maximum atomic E-state index is 6.17. The average Bonchev–Trinajstić information content (AvgIpc) is 3.01. The number of benzene rings is 2. The van der Waals surface area contributed by atoms with Gasteiger partial charge in [-0.1, -0.05) is 71.4 Å². The van der Waals surface area contributed by atoms with Gasteiger partial charge in [-0.25, -0.2) is 0 Å². The van der Waals surface area contributed by atoms with Crippen LogP contribution in [-0.2, 0) is 5.75 Å². The molecule has 4 nitrogen and oxygen atoms in total. The summed E-state index contributed by atoms with van der Waals surface area (Å²) >= 11 is 7.72. The molecular formula is C17H15ClN4S. The molecule has 0 atom stereocenters. The summed E-state index contributed by atoms with van der Waals surface area (Å²) in [5.41, 5.74) is 3.32. The lowest BCUT2D eigenvalue weighted by Gasteiger charge is -2.03. The number of thioether (sulfide) groups is 1. The number of hydrogen-bond acceptors (Lipinski definition) is 4. The molecule has 0 fully saturated rings. The number of aryl methyl sites for hydroxylation is 1. The monoisotopic (exact) mass is 342 g/mol. The third kappa shape index (κ3) is 4.21. The Hall–Kier alpha value is -2.11. The van der Waals surface area contributed by atoms with Crippen LogP contribution in [0.1, 0.15) is 16.7 Å². The van der Waals surface area contributed by atoms with Crippen molar-refractivity contribution >= 4 is 29.6 Å². The van der Waals surface area contributed by atoms with Gasteiger partial charge >= 0.3 is 0 Å². The van der Waals surface area contributed by atoms with E-state index in [0.717, 1.165) is 27.1 Å². The van der Waals surface area contributed by atoms with Gasteiger partial charge in [0.25, 0.3) is 0 Å². The van der Waals surface area contributed by atoms with E-state index in [1.165, 1.54) is 5.56 Å². The lowest BCUT2D eigenvalue weighted by molar-refractivity contribution is 0.767. The van der Waals surface area contributed by atoms with Gasteiger partial charge < -0.3 is 0 Å². The van der Waals surface area contributed by atoms with E-state index < -0.39 is 0 Å². The largest absolute Gasteiger partial charge is 0.212 e. The molecule has 0 spiro atoms. The molecule has 3 aromatic rings. The summed E-state index contributed by atoms with van der Waals surface area (Å²) in [6.07, 6.45) is 3.39. The zero-order valence-corrected chi connectivity index (χ0v) is 14.1. The van der Waals surface area contributed by atoms with Gasteiger partial charge in [-0.3, -0.25) is 0 Å². The van der Waals surface area contributed by atoms with Crippen LogP contribution in [-0.4, -0.2) is 21.1 Å². The molecule has 0 radical (unpaired) electrons. The predicted octanol–water partition coefficient (Wildman–Crippen LogP) is 4.41. The van der Waals surface area contributed by atoms with Gasteiger partial charge in [0.1, 0.15) is 6.33 Å². The molecule has 23 heavy (non-hydrogen) atoms. The Kier molecular flexibility index (Phi) is 5.10. The zero-order valence-electron chi connectivity index (χ0n) is 12.6. The van der Waals surface area contributed by atoms with E-state index in [-0.39, 0.29) is 0 Å². The average molecular weight is 343 g/mol. The van der Waals surface area contributed by atoms with E-state index in [1.54, 1.807) is 29.0 Å². The summed E-state index contributed by atoms with van der Waals surface area (Å²) in [5, 5.41) is 13.9. The second-order valence-corrected chi connectivity index (χ2v) is 6.34. The van der Waals surface area contributed by atoms with Crippen LogP contribution in [0.15, 0.2) is 65.1 Å². The van der Waals surface area contributed by atoms with Crippen molar-refractivity contribution in [3.05, 3.63) is 76.6 Å². The predicted molar refractivity (Wildman–Crippen MR) is 95.2 cm³/mol. The van der Waals surface area contributed by atoms with Gasteiger partial charge in [0.15, 0.2) is 0 Å². The molecule has 6 heteroatoms. The molecule has 0 aliphatic carbocycles. The number of rotatable bonds is 5. The molecule has 0 saturated heterocycles. The Bertz CT molecular complexity index is 811. The van der Waals surface area contributed by atoms with Crippen molar-refractivity contribution < 1.29 is 0 Å². The molecule has 0 aliphatic rings. The van der Waals surface area contributed by atoms with Crippen molar-refractivity contribution in [3.63, 3.8) is 0 Å². The van der Waals surface area contributed by atoms with Crippen LogP contribution < -0.4 is 0 Å². The van der Waals surface area contributed by atoms with Crippen molar-refractivity contribution in [2.75, 3.05) is 0 Å². The highest BCUT2D eigenvalue weighted by Gasteiger charge is 2.06. The molecule has 3 rings (SSSR count). The van der Waals surface area contributed by atoms with Gasteiger partial charge in [-0.15, -0.1) is 10.2 Å². The zero-order chi connectivity index (χ0) is 16.1. The van der Waals surface area contributed by atoms with Crippen molar-refractivity contribution in [1.29, 1.82) is 0 Å². The molecule has 0 N–H and O–H groups in total. The van der Waals surface area contributed by atoms with E-state index in [9.17, 15) is 0 Å². The van der Waals surface area contributed by atoms with Gasteiger partial charge in [-0.2, -0.15) is 9.78 Å². The summed E-state index contributed by atoms with van der Waals surface area (Å²) in [7, 11) is 0. The normalized spacial score (nSPS) is 11.2. The minimum atomic E-state index is 0.721. The Morgan fingerprint density at radius 1 is 1.17 bits per heavy atom. The minimum absolute atomic E-state index is 0.721. The quantitative estimate of drug-likeness (QED) is 0.509. The Morgan fingerprint density at radius 3 is 2.74 bits per heavy atom. The Balaban J connectivity index is 1.70. The first-order valence-corrected chi connectivity index (χ1v) is 8.46. The van der Waals surface area contributed by atoms with Crippen LogP contribution in [0.25, 0.3) is 0 Å². The highest BCUT2D eigenvalue weighted by atomic mass is 35.5. The molecule has 0 amide bonds. The highest BCUT2D eigenvalue weighted by Crippen LogP contribution is 2.25. The summed E-state index contributed by atoms with van der Waals surface area (Å²) in [5.74, 6) is 0.721. The molecular weight excluding hydrogens is 328 g/mol. The van der Waals surface area contributed by atoms with Gasteiger partial charge in [-0.05, 0) is 24.1 Å². The third-order valence-electron chi connectivity index (χ3n) is 3.22. The summed E-state index contributed by atoms with van der Waals surface area (Å²) in [6, 6.07) is 16.0. The van der Waals surface area contributed by atoms with Crippen molar-refractivity contribution in [3.8, 4) is 0 Å². The molecule has 0 bridgehead atoms. The first-order valence-electron chi connectivity index (χ1n) is 7.09. The summed E-state index contributed by atoms with van der Waals surface area (Å²) in [6.45, 7) is 2.06. The van der Waals surface area contributed by atoms with Crippen LogP contribution in [0.3, 0.4) is 0 Å². The van der Waals surface area contributed by atoms with Crippen molar-refractivity contribution in [2.24, 2.45) is 5.10 Å². The van der Waals surface area contributed by atoms with Crippen molar-refractivity contribution in [2.45, 2.75) is 17.8 Å². The first kappa shape index (κ1) is 15.8. The fraction of sp³-hybridized carbons (Fsp3) is 0.118. The van der Waals surface area contributed by atoms with E-state index in [1.807, 2.05) is 36.4 Å². The molecule has 2 aromatic carbocycles. The SMILES string of the molecule is Cc1ccc(/C=N\n2cnnc2SCc2ccccc2Cl)cc1. The molecule has 1 heterocycles. The number of halogens is 1. The molecule has 0 saturated carbocycles. The van der Waals surface area contributed by atoms with Crippen LogP contribution in [0, 0.1) is 6.92 Å². The number of aromatic nitrogens is 3. The Morgan fingerprint density at radius 2 is 1.96 bits per heavy atom. The van der Waals surface area contributed by atoms with Crippen LogP contribution in [0.2, 0.25) is 5.02 Å². The lowest BCUT2D eigenvalue weighted by atomic mass is 10.2. The van der Waals surface area contributed by atoms with Gasteiger partial charge in [0, 0.05) is 10.8 Å². The molecule has 116 valence electrons. The van der Waals surface area contributed by atoms with Gasteiger partial charge in [0.05, 0.1) is 6.21 Å². The van der Waals surface area contributed by atoms with Crippen LogP contribution >= 0.6 is 23.4 Å². The number of nitrogens with zero attached hydrogens (tertiary/aromatic N) is 4. The molecule has 0 aliphatic heterocycles. The van der Waals surface area contributed by atoms with E-state index in [2.05, 4.69) is 34.4 Å². The first-order chi connectivity index (χ1) is 11.2. The standard InChI is InChI=1S/C17H15ClN4S/c1-13-6-8-14(9-7-13)10-20-22-12-19-21-17(22)23-11-15-4-2-3-5-16(15)18/h2-10,12H,11H2,1H3/b20-10-. The van der Waals surface area contributed by atoms with Crippen LogP contribution in [0.4, 0.5) is 0 Å². The second-order valence-electron chi connectivity index (χ2n) is 4.99. The smallest absolute Gasteiger partial charge is 0.195 e. The third-order valence-corrected chi connectivity index (χ3v) is 4.57. The molecule has 0 unspecified atom stereocenters. The van der Waals surface area contributed by atoms with Crippen LogP contribution in [0.5, 0.6) is 0 Å². The van der Waals surface area contributed by atoms with Gasteiger partial charge in [0.2, 0.25) is 5.16 Å². The van der Waals surface area contributed by atoms with E-state index in [0.29, 0.717) is 0 Å². The minimum Gasteiger partial charge on any atom is -0.195 e. The lowest BCUT2D eigenvalue weighted by Crippen LogP contribution is -1.93. The fourth-order valence-corrected chi connectivity index (χ4v) is 3.08. The second kappa shape index (κ2) is 7.44. The topological polar surface area (TPSA) is 43.1 Å². The van der Waals surface area contributed by atoms with E-state index in [4.69, 9.17) is 11.6 Å². The maximum Gasteiger partial charge on any atom is 0.212 e. The van der Waals surface area contributed by atoms with Crippen molar-refractivity contribution in [1.82, 2.24) is 14.9 Å². The van der Waals surface area contributed by atoms with E-state index >= 15 is 0 Å².